The van der Waals surface area contributed by atoms with Crippen LogP contribution >= 0.6 is 0 Å². The summed E-state index contributed by atoms with van der Waals surface area (Å²) < 4.78 is 27.6. The van der Waals surface area contributed by atoms with E-state index in [4.69, 9.17) is 4.74 Å². The zero-order chi connectivity index (χ0) is 11.3. The molecule has 1 aliphatic rings. The van der Waals surface area contributed by atoms with Crippen molar-refractivity contribution in [1.29, 1.82) is 0 Å². The Bertz CT molecular complexity index is 306. The molecule has 1 unspecified atom stereocenters. The SMILES string of the molecule is CCS(=O)(=O)CCC(=O)C1CNCCO1. The number of carbonyl (C=O) groups excluding carboxylic acids is 1. The van der Waals surface area contributed by atoms with Gasteiger partial charge in [0.1, 0.15) is 15.9 Å². The zero-order valence-corrected chi connectivity index (χ0v) is 9.68. The van der Waals surface area contributed by atoms with Gasteiger partial charge in [0.25, 0.3) is 0 Å². The third-order valence-electron chi connectivity index (χ3n) is 2.39. The molecule has 0 amide bonds. The predicted molar refractivity (Wildman–Crippen MR) is 56.6 cm³/mol. The summed E-state index contributed by atoms with van der Waals surface area (Å²) in [7, 11) is -3.05. The molecule has 0 spiro atoms. The second-order valence-electron chi connectivity index (χ2n) is 3.52. The topological polar surface area (TPSA) is 72.5 Å². The molecule has 5 nitrogen and oxygen atoms in total. The van der Waals surface area contributed by atoms with Gasteiger partial charge in [-0.1, -0.05) is 6.92 Å². The van der Waals surface area contributed by atoms with Gasteiger partial charge in [0, 0.05) is 25.3 Å². The fourth-order valence-electron chi connectivity index (χ4n) is 1.33. The molecule has 1 rings (SSSR count). The maximum absolute atomic E-state index is 11.5. The lowest BCUT2D eigenvalue weighted by Crippen LogP contribution is -2.43. The lowest BCUT2D eigenvalue weighted by Gasteiger charge is -2.22. The molecule has 1 saturated heterocycles. The lowest BCUT2D eigenvalue weighted by molar-refractivity contribution is -0.131. The minimum atomic E-state index is -3.05. The molecule has 0 aliphatic carbocycles. The summed E-state index contributed by atoms with van der Waals surface area (Å²) in [5.41, 5.74) is 0. The van der Waals surface area contributed by atoms with E-state index in [2.05, 4.69) is 5.32 Å². The van der Waals surface area contributed by atoms with Gasteiger partial charge in [-0.3, -0.25) is 4.79 Å². The van der Waals surface area contributed by atoms with Gasteiger partial charge in [0.2, 0.25) is 0 Å². The lowest BCUT2D eigenvalue weighted by atomic mass is 10.1. The molecule has 0 aromatic heterocycles. The quantitative estimate of drug-likeness (QED) is 0.687. The van der Waals surface area contributed by atoms with Gasteiger partial charge in [-0.15, -0.1) is 0 Å². The van der Waals surface area contributed by atoms with Crippen molar-refractivity contribution in [1.82, 2.24) is 5.32 Å². The fraction of sp³-hybridized carbons (Fsp3) is 0.889. The fourth-order valence-corrected chi connectivity index (χ4v) is 2.13. The predicted octanol–water partition coefficient (Wildman–Crippen LogP) is -0.631. The van der Waals surface area contributed by atoms with Gasteiger partial charge < -0.3 is 10.1 Å². The Balaban J connectivity index is 2.35. The summed E-state index contributed by atoms with van der Waals surface area (Å²) in [6.07, 6.45) is -0.409. The number of carbonyl (C=O) groups is 1. The molecular formula is C9H17NO4S. The average molecular weight is 235 g/mol. The van der Waals surface area contributed by atoms with Crippen LogP contribution in [0.3, 0.4) is 0 Å². The Kier molecular flexibility index (Phi) is 4.69. The van der Waals surface area contributed by atoms with Crippen LogP contribution in [-0.4, -0.2) is 51.5 Å². The van der Waals surface area contributed by atoms with Crippen LogP contribution in [0.4, 0.5) is 0 Å². The molecule has 1 N–H and O–H groups in total. The number of hydrogen-bond donors (Lipinski definition) is 1. The molecule has 6 heteroatoms. The average Bonchev–Trinajstić information content (AvgIpc) is 2.27. The summed E-state index contributed by atoms with van der Waals surface area (Å²) >= 11 is 0. The van der Waals surface area contributed by atoms with E-state index in [-0.39, 0.29) is 23.7 Å². The number of nitrogens with one attached hydrogen (secondary N) is 1. The normalized spacial score (nSPS) is 22.6. The highest BCUT2D eigenvalue weighted by molar-refractivity contribution is 7.91. The molecule has 0 aromatic rings. The molecule has 1 fully saturated rings. The number of Topliss-reactive ketones (excluding diaryl/α,β-unsaturated/α-hetero) is 1. The number of morpholine rings is 1. The minimum absolute atomic E-state index is 0.0581. The van der Waals surface area contributed by atoms with Crippen molar-refractivity contribution in [2.75, 3.05) is 31.2 Å². The van der Waals surface area contributed by atoms with Crippen molar-refractivity contribution in [3.63, 3.8) is 0 Å². The summed E-state index contributed by atoms with van der Waals surface area (Å²) in [4.78, 5) is 11.5. The van der Waals surface area contributed by atoms with Crippen molar-refractivity contribution in [2.24, 2.45) is 0 Å². The Morgan fingerprint density at radius 3 is 2.80 bits per heavy atom. The highest BCUT2D eigenvalue weighted by atomic mass is 32.2. The van der Waals surface area contributed by atoms with Gasteiger partial charge in [-0.05, 0) is 0 Å². The van der Waals surface area contributed by atoms with Crippen molar-refractivity contribution in [2.45, 2.75) is 19.4 Å². The molecular weight excluding hydrogens is 218 g/mol. The van der Waals surface area contributed by atoms with E-state index in [9.17, 15) is 13.2 Å². The van der Waals surface area contributed by atoms with E-state index in [1.807, 2.05) is 0 Å². The van der Waals surface area contributed by atoms with Gasteiger partial charge in [0.05, 0.1) is 12.4 Å². The van der Waals surface area contributed by atoms with Crippen LogP contribution in [0.15, 0.2) is 0 Å². The molecule has 0 radical (unpaired) electrons. The molecule has 0 aromatic carbocycles. The standard InChI is InChI=1S/C9H17NO4S/c1-2-15(12,13)6-3-8(11)9-7-10-4-5-14-9/h9-10H,2-7H2,1H3. The number of ketones is 1. The van der Waals surface area contributed by atoms with Crippen molar-refractivity contribution < 1.29 is 17.9 Å². The number of hydrogen-bond acceptors (Lipinski definition) is 5. The van der Waals surface area contributed by atoms with Crippen LogP contribution in [0.2, 0.25) is 0 Å². The van der Waals surface area contributed by atoms with E-state index in [1.165, 1.54) is 0 Å². The Hall–Kier alpha value is -0.460. The third kappa shape index (κ3) is 4.27. The molecule has 1 atom stereocenters. The van der Waals surface area contributed by atoms with Gasteiger partial charge in [-0.2, -0.15) is 0 Å². The third-order valence-corrected chi connectivity index (χ3v) is 4.09. The van der Waals surface area contributed by atoms with E-state index in [0.29, 0.717) is 13.2 Å². The van der Waals surface area contributed by atoms with E-state index >= 15 is 0 Å². The first-order valence-electron chi connectivity index (χ1n) is 5.10. The molecule has 88 valence electrons. The van der Waals surface area contributed by atoms with Crippen LogP contribution in [-0.2, 0) is 19.4 Å². The number of sulfone groups is 1. The molecule has 1 aliphatic heterocycles. The molecule has 15 heavy (non-hydrogen) atoms. The molecule has 0 saturated carbocycles. The Morgan fingerprint density at radius 2 is 2.27 bits per heavy atom. The highest BCUT2D eigenvalue weighted by Crippen LogP contribution is 2.03. The van der Waals surface area contributed by atoms with E-state index < -0.39 is 15.9 Å². The van der Waals surface area contributed by atoms with Crippen molar-refractivity contribution in [3.05, 3.63) is 0 Å². The maximum atomic E-state index is 11.5. The minimum Gasteiger partial charge on any atom is -0.368 e. The zero-order valence-electron chi connectivity index (χ0n) is 8.86. The number of ether oxygens (including phenoxy) is 1. The summed E-state index contributed by atoms with van der Waals surface area (Å²) in [6.45, 7) is 3.33. The van der Waals surface area contributed by atoms with Crippen LogP contribution in [0.25, 0.3) is 0 Å². The monoisotopic (exact) mass is 235 g/mol. The molecule has 1 heterocycles. The van der Waals surface area contributed by atoms with E-state index in [0.717, 1.165) is 6.54 Å². The van der Waals surface area contributed by atoms with Gasteiger partial charge >= 0.3 is 0 Å². The van der Waals surface area contributed by atoms with Crippen LogP contribution in [0, 0.1) is 0 Å². The largest absolute Gasteiger partial charge is 0.368 e. The first kappa shape index (κ1) is 12.6. The van der Waals surface area contributed by atoms with Crippen LogP contribution in [0.5, 0.6) is 0 Å². The Morgan fingerprint density at radius 1 is 1.53 bits per heavy atom. The van der Waals surface area contributed by atoms with Gasteiger partial charge in [0.15, 0.2) is 5.78 Å². The summed E-state index contributed by atoms with van der Waals surface area (Å²) in [5.74, 6) is -0.106. The van der Waals surface area contributed by atoms with Crippen LogP contribution in [0.1, 0.15) is 13.3 Å². The highest BCUT2D eigenvalue weighted by Gasteiger charge is 2.22. The van der Waals surface area contributed by atoms with Crippen molar-refractivity contribution >= 4 is 15.6 Å². The maximum Gasteiger partial charge on any atom is 0.163 e. The van der Waals surface area contributed by atoms with Crippen molar-refractivity contribution in [3.8, 4) is 0 Å². The second kappa shape index (κ2) is 5.58. The Labute approximate surface area is 90.1 Å². The van der Waals surface area contributed by atoms with E-state index in [1.54, 1.807) is 6.92 Å². The summed E-state index contributed by atoms with van der Waals surface area (Å²) in [6, 6.07) is 0. The van der Waals surface area contributed by atoms with Crippen LogP contribution < -0.4 is 5.32 Å². The number of rotatable bonds is 5. The first-order chi connectivity index (χ1) is 7.05. The summed E-state index contributed by atoms with van der Waals surface area (Å²) in [5, 5.41) is 3.03. The van der Waals surface area contributed by atoms with Gasteiger partial charge in [-0.25, -0.2) is 8.42 Å². The smallest absolute Gasteiger partial charge is 0.163 e. The second-order valence-corrected chi connectivity index (χ2v) is 5.99. The molecule has 0 bridgehead atoms. The first-order valence-corrected chi connectivity index (χ1v) is 6.93.